The lowest BCUT2D eigenvalue weighted by atomic mass is 9.82. The van der Waals surface area contributed by atoms with Gasteiger partial charge in [0.2, 0.25) is 0 Å². The third kappa shape index (κ3) is 3.34. The van der Waals surface area contributed by atoms with Crippen molar-refractivity contribution in [2.24, 2.45) is 0 Å². The maximum absolute atomic E-state index is 2.45. The number of hydrogen-bond donors (Lipinski definition) is 0. The Morgan fingerprint density at radius 1 is 0.425 bits per heavy atom. The number of nitrogens with zero attached hydrogens (tertiary/aromatic N) is 1. The predicted molar refractivity (Wildman–Crippen MR) is 169 cm³/mol. The van der Waals surface area contributed by atoms with Crippen LogP contribution in [0.15, 0.2) is 140 Å². The molecule has 0 saturated heterocycles. The molecule has 8 rings (SSSR count). The molecule has 1 nitrogen and oxygen atoms in total. The standard InChI is InChI=1S/C39H29N/c1-39(2)35-20-8-6-18-31(35)33-24-34-32-19-7-9-21-37(32)40(38(34)25-36(33)39)30-17-11-16-29(23-30)28-15-10-14-27(22-28)26-12-4-3-5-13-26/h3-25H,1-2H3. The fourth-order valence-corrected chi connectivity index (χ4v) is 6.77. The van der Waals surface area contributed by atoms with Crippen molar-refractivity contribution in [2.45, 2.75) is 19.3 Å². The van der Waals surface area contributed by atoms with Crippen molar-refractivity contribution in [3.8, 4) is 39.1 Å². The zero-order valence-corrected chi connectivity index (χ0v) is 22.7. The normalized spacial score (nSPS) is 13.4. The molecule has 1 heterocycles. The molecule has 0 radical (unpaired) electrons. The molecule has 1 aliphatic carbocycles. The highest BCUT2D eigenvalue weighted by atomic mass is 15.0. The van der Waals surface area contributed by atoms with Crippen LogP contribution in [0.25, 0.3) is 60.9 Å². The Balaban J connectivity index is 1.34. The topological polar surface area (TPSA) is 4.93 Å². The minimum atomic E-state index is -0.0405. The molecule has 0 unspecified atom stereocenters. The van der Waals surface area contributed by atoms with Gasteiger partial charge in [-0.2, -0.15) is 0 Å². The molecule has 0 atom stereocenters. The van der Waals surface area contributed by atoms with Crippen LogP contribution in [0.4, 0.5) is 0 Å². The Morgan fingerprint density at radius 2 is 1.07 bits per heavy atom. The molecule has 40 heavy (non-hydrogen) atoms. The second-order valence-corrected chi connectivity index (χ2v) is 11.4. The molecule has 0 bridgehead atoms. The van der Waals surface area contributed by atoms with Crippen molar-refractivity contribution < 1.29 is 0 Å². The Bertz CT molecular complexity index is 2070. The van der Waals surface area contributed by atoms with E-state index in [1.165, 1.54) is 72.0 Å². The smallest absolute Gasteiger partial charge is 0.0544 e. The molecular weight excluding hydrogens is 482 g/mol. The summed E-state index contributed by atoms with van der Waals surface area (Å²) in [7, 11) is 0. The van der Waals surface area contributed by atoms with Gasteiger partial charge in [-0.25, -0.2) is 0 Å². The third-order valence-electron chi connectivity index (χ3n) is 8.78. The predicted octanol–water partition coefficient (Wildman–Crippen LogP) is 10.4. The third-order valence-corrected chi connectivity index (χ3v) is 8.78. The van der Waals surface area contributed by atoms with E-state index in [-0.39, 0.29) is 5.41 Å². The van der Waals surface area contributed by atoms with Gasteiger partial charge in [0.25, 0.3) is 0 Å². The van der Waals surface area contributed by atoms with Crippen molar-refractivity contribution in [1.82, 2.24) is 4.57 Å². The van der Waals surface area contributed by atoms with Gasteiger partial charge >= 0.3 is 0 Å². The first kappa shape index (κ1) is 23.0. The maximum atomic E-state index is 2.45. The molecule has 6 aromatic carbocycles. The first-order valence-electron chi connectivity index (χ1n) is 14.0. The average Bonchev–Trinajstić information content (AvgIpc) is 3.45. The first-order valence-corrected chi connectivity index (χ1v) is 14.0. The van der Waals surface area contributed by atoms with Crippen molar-refractivity contribution in [3.05, 3.63) is 151 Å². The highest BCUT2D eigenvalue weighted by Crippen LogP contribution is 2.51. The fourth-order valence-electron chi connectivity index (χ4n) is 6.77. The summed E-state index contributed by atoms with van der Waals surface area (Å²) >= 11 is 0. The summed E-state index contributed by atoms with van der Waals surface area (Å²) in [5.74, 6) is 0. The van der Waals surface area contributed by atoms with Crippen LogP contribution >= 0.6 is 0 Å². The minimum Gasteiger partial charge on any atom is -0.309 e. The van der Waals surface area contributed by atoms with E-state index in [0.717, 1.165) is 0 Å². The van der Waals surface area contributed by atoms with Gasteiger partial charge in [-0.3, -0.25) is 0 Å². The lowest BCUT2D eigenvalue weighted by Crippen LogP contribution is -2.14. The number of benzene rings is 6. The van der Waals surface area contributed by atoms with E-state index in [1.807, 2.05) is 0 Å². The van der Waals surface area contributed by atoms with Crippen LogP contribution in [0.5, 0.6) is 0 Å². The number of rotatable bonds is 3. The quantitative estimate of drug-likeness (QED) is 0.222. The minimum absolute atomic E-state index is 0.0405. The zero-order valence-electron chi connectivity index (χ0n) is 22.7. The van der Waals surface area contributed by atoms with Crippen LogP contribution in [0, 0.1) is 0 Å². The second kappa shape index (κ2) is 8.56. The fraction of sp³-hybridized carbons (Fsp3) is 0.0769. The molecule has 7 aromatic rings. The molecular formula is C39H29N. The van der Waals surface area contributed by atoms with Gasteiger partial charge < -0.3 is 4.57 Å². The summed E-state index contributed by atoms with van der Waals surface area (Å²) in [5.41, 5.74) is 14.1. The van der Waals surface area contributed by atoms with Gasteiger partial charge in [-0.1, -0.05) is 117 Å². The van der Waals surface area contributed by atoms with Crippen LogP contribution < -0.4 is 0 Å². The van der Waals surface area contributed by atoms with E-state index < -0.39 is 0 Å². The van der Waals surface area contributed by atoms with Crippen molar-refractivity contribution in [3.63, 3.8) is 0 Å². The summed E-state index contributed by atoms with van der Waals surface area (Å²) in [6.45, 7) is 4.72. The maximum Gasteiger partial charge on any atom is 0.0544 e. The average molecular weight is 512 g/mol. The summed E-state index contributed by atoms with van der Waals surface area (Å²) < 4.78 is 2.45. The molecule has 190 valence electrons. The van der Waals surface area contributed by atoms with E-state index in [2.05, 4.69) is 158 Å². The summed E-state index contributed by atoms with van der Waals surface area (Å²) in [4.78, 5) is 0. The Hall–Kier alpha value is -4.88. The Kier molecular flexibility index (Phi) is 4.93. The van der Waals surface area contributed by atoms with Crippen LogP contribution in [0.1, 0.15) is 25.0 Å². The molecule has 1 heteroatoms. The molecule has 0 fully saturated rings. The van der Waals surface area contributed by atoms with Gasteiger partial charge in [0.15, 0.2) is 0 Å². The molecule has 0 aliphatic heterocycles. The van der Waals surface area contributed by atoms with Gasteiger partial charge in [0.1, 0.15) is 0 Å². The van der Waals surface area contributed by atoms with E-state index in [4.69, 9.17) is 0 Å². The molecule has 0 spiro atoms. The van der Waals surface area contributed by atoms with Crippen LogP contribution in [0.2, 0.25) is 0 Å². The number of hydrogen-bond acceptors (Lipinski definition) is 0. The zero-order chi connectivity index (χ0) is 26.8. The summed E-state index contributed by atoms with van der Waals surface area (Å²) in [6, 6.07) is 51.1. The highest BCUT2D eigenvalue weighted by Gasteiger charge is 2.36. The lowest BCUT2D eigenvalue weighted by molar-refractivity contribution is 0.661. The molecule has 1 aliphatic rings. The van der Waals surface area contributed by atoms with Crippen LogP contribution in [-0.4, -0.2) is 4.57 Å². The highest BCUT2D eigenvalue weighted by molar-refractivity contribution is 6.11. The van der Waals surface area contributed by atoms with Gasteiger partial charge in [-0.05, 0) is 80.9 Å². The Morgan fingerprint density at radius 3 is 1.93 bits per heavy atom. The molecule has 0 N–H and O–H groups in total. The number of aromatic nitrogens is 1. The van der Waals surface area contributed by atoms with E-state index in [9.17, 15) is 0 Å². The monoisotopic (exact) mass is 511 g/mol. The molecule has 0 saturated carbocycles. The Labute approximate surface area is 235 Å². The van der Waals surface area contributed by atoms with Gasteiger partial charge in [-0.15, -0.1) is 0 Å². The number of para-hydroxylation sites is 1. The summed E-state index contributed by atoms with van der Waals surface area (Å²) in [5, 5.41) is 2.59. The van der Waals surface area contributed by atoms with Crippen LogP contribution in [0.3, 0.4) is 0 Å². The van der Waals surface area contributed by atoms with E-state index in [0.29, 0.717) is 0 Å². The molecule has 0 amide bonds. The van der Waals surface area contributed by atoms with Gasteiger partial charge in [0, 0.05) is 21.9 Å². The van der Waals surface area contributed by atoms with Crippen molar-refractivity contribution in [2.75, 3.05) is 0 Å². The second-order valence-electron chi connectivity index (χ2n) is 11.4. The first-order chi connectivity index (χ1) is 19.6. The van der Waals surface area contributed by atoms with Crippen molar-refractivity contribution >= 4 is 21.8 Å². The van der Waals surface area contributed by atoms with Gasteiger partial charge in [0.05, 0.1) is 11.0 Å². The largest absolute Gasteiger partial charge is 0.309 e. The van der Waals surface area contributed by atoms with E-state index in [1.54, 1.807) is 0 Å². The van der Waals surface area contributed by atoms with Crippen molar-refractivity contribution in [1.29, 1.82) is 0 Å². The van der Waals surface area contributed by atoms with Crippen LogP contribution in [-0.2, 0) is 5.41 Å². The van der Waals surface area contributed by atoms with E-state index >= 15 is 0 Å². The molecule has 1 aromatic heterocycles. The number of fused-ring (bicyclic) bond motifs is 6. The SMILES string of the molecule is CC1(C)c2ccccc2-c2cc3c4ccccc4n(-c4cccc(-c5cccc(-c6ccccc6)c5)c4)c3cc21. The lowest BCUT2D eigenvalue weighted by Gasteiger charge is -2.21. The summed E-state index contributed by atoms with van der Waals surface area (Å²) in [6.07, 6.45) is 0.